The van der Waals surface area contributed by atoms with Gasteiger partial charge in [0.2, 0.25) is 0 Å². The molecule has 4 nitrogen and oxygen atoms in total. The van der Waals surface area contributed by atoms with E-state index in [0.717, 1.165) is 12.8 Å². The standard InChI is InChI=1S/C16H25O4P/c1-4-10-19-14-8-6-7-9-15(14)21(18)12-13(3)16(17)20-11-5-2/h6-9,13,21H,4-5,10-12H2,1-3H3. The predicted molar refractivity (Wildman–Crippen MR) is 86.1 cm³/mol. The van der Waals surface area contributed by atoms with Crippen molar-refractivity contribution in [1.82, 2.24) is 0 Å². The molecule has 0 fully saturated rings. The Hall–Kier alpha value is -1.28. The van der Waals surface area contributed by atoms with E-state index in [1.807, 2.05) is 38.1 Å². The summed E-state index contributed by atoms with van der Waals surface area (Å²) in [5, 5.41) is 0.714. The molecule has 21 heavy (non-hydrogen) atoms. The number of carbonyl (C=O) groups is 1. The summed E-state index contributed by atoms with van der Waals surface area (Å²) >= 11 is 0. The van der Waals surface area contributed by atoms with Crippen LogP contribution in [-0.4, -0.2) is 25.3 Å². The number of rotatable bonds is 9. The van der Waals surface area contributed by atoms with E-state index < -0.39 is 7.80 Å². The van der Waals surface area contributed by atoms with Crippen LogP contribution in [0.1, 0.15) is 33.6 Å². The highest BCUT2D eigenvalue weighted by molar-refractivity contribution is 7.53. The van der Waals surface area contributed by atoms with Gasteiger partial charge in [0.05, 0.1) is 24.4 Å². The van der Waals surface area contributed by atoms with Crippen LogP contribution in [0.3, 0.4) is 0 Å². The molecule has 2 atom stereocenters. The lowest BCUT2D eigenvalue weighted by molar-refractivity contribution is -0.147. The lowest BCUT2D eigenvalue weighted by atomic mass is 10.2. The zero-order valence-electron chi connectivity index (χ0n) is 13.1. The molecule has 0 radical (unpaired) electrons. The minimum absolute atomic E-state index is 0.276. The second-order valence-electron chi connectivity index (χ2n) is 5.04. The minimum atomic E-state index is -2.07. The summed E-state index contributed by atoms with van der Waals surface area (Å²) in [5.41, 5.74) is 0. The molecule has 0 saturated carbocycles. The minimum Gasteiger partial charge on any atom is -0.493 e. The molecule has 0 spiro atoms. The van der Waals surface area contributed by atoms with Gasteiger partial charge >= 0.3 is 5.97 Å². The van der Waals surface area contributed by atoms with Crippen LogP contribution >= 0.6 is 7.80 Å². The summed E-state index contributed by atoms with van der Waals surface area (Å²) in [4.78, 5) is 11.7. The van der Waals surface area contributed by atoms with E-state index >= 15 is 0 Å². The Balaban J connectivity index is 2.68. The van der Waals surface area contributed by atoms with Gasteiger partial charge in [-0.25, -0.2) is 0 Å². The first-order valence-electron chi connectivity index (χ1n) is 7.51. The van der Waals surface area contributed by atoms with E-state index in [4.69, 9.17) is 9.47 Å². The van der Waals surface area contributed by atoms with Gasteiger partial charge in [-0.1, -0.05) is 32.9 Å². The molecular weight excluding hydrogens is 287 g/mol. The Labute approximate surface area is 127 Å². The maximum Gasteiger partial charge on any atom is 0.309 e. The third-order valence-corrected chi connectivity index (χ3v) is 4.99. The normalized spacial score (nSPS) is 13.5. The third kappa shape index (κ3) is 5.92. The molecule has 0 aromatic heterocycles. The molecule has 0 N–H and O–H groups in total. The second-order valence-corrected chi connectivity index (χ2v) is 6.83. The van der Waals surface area contributed by atoms with Crippen LogP contribution in [0.2, 0.25) is 0 Å². The number of ether oxygens (including phenoxy) is 2. The van der Waals surface area contributed by atoms with Crippen LogP contribution < -0.4 is 10.0 Å². The first-order valence-corrected chi connectivity index (χ1v) is 9.13. The number of hydrogen-bond donors (Lipinski definition) is 0. The van der Waals surface area contributed by atoms with Crippen molar-refractivity contribution in [2.24, 2.45) is 5.92 Å². The van der Waals surface area contributed by atoms with Gasteiger partial charge in [0.25, 0.3) is 0 Å². The van der Waals surface area contributed by atoms with Crippen LogP contribution in [0.25, 0.3) is 0 Å². The molecule has 1 aromatic rings. The van der Waals surface area contributed by atoms with Gasteiger partial charge in [-0.15, -0.1) is 0 Å². The number of esters is 1. The van der Waals surface area contributed by atoms with Crippen LogP contribution in [0.4, 0.5) is 0 Å². The van der Waals surface area contributed by atoms with Gasteiger partial charge in [0.1, 0.15) is 13.6 Å². The van der Waals surface area contributed by atoms with Crippen LogP contribution in [0.5, 0.6) is 5.75 Å². The van der Waals surface area contributed by atoms with Gasteiger partial charge in [-0.2, -0.15) is 0 Å². The van der Waals surface area contributed by atoms with E-state index in [9.17, 15) is 9.36 Å². The highest BCUT2D eigenvalue weighted by Crippen LogP contribution is 2.29. The average Bonchev–Trinajstić information content (AvgIpc) is 2.50. The largest absolute Gasteiger partial charge is 0.493 e. The van der Waals surface area contributed by atoms with E-state index in [0.29, 0.717) is 30.4 Å². The van der Waals surface area contributed by atoms with Crippen molar-refractivity contribution in [3.63, 3.8) is 0 Å². The fourth-order valence-corrected chi connectivity index (χ4v) is 3.51. The Kier molecular flexibility index (Phi) is 8.14. The van der Waals surface area contributed by atoms with Crippen LogP contribution in [-0.2, 0) is 14.1 Å². The molecule has 2 unspecified atom stereocenters. The number of carbonyl (C=O) groups excluding carboxylic acids is 1. The molecule has 0 bridgehead atoms. The maximum atomic E-state index is 12.5. The van der Waals surface area contributed by atoms with E-state index in [-0.39, 0.29) is 11.9 Å². The van der Waals surface area contributed by atoms with Gasteiger partial charge in [-0.05, 0) is 25.0 Å². The number of hydrogen-bond acceptors (Lipinski definition) is 4. The van der Waals surface area contributed by atoms with E-state index in [1.165, 1.54) is 0 Å². The Morgan fingerprint density at radius 2 is 1.86 bits per heavy atom. The summed E-state index contributed by atoms with van der Waals surface area (Å²) in [6.07, 6.45) is 2.01. The maximum absolute atomic E-state index is 12.5. The van der Waals surface area contributed by atoms with Crippen molar-refractivity contribution < 1.29 is 18.8 Å². The first kappa shape index (κ1) is 17.8. The quantitative estimate of drug-likeness (QED) is 0.519. The van der Waals surface area contributed by atoms with Gasteiger partial charge in [0.15, 0.2) is 0 Å². The molecule has 118 valence electrons. The van der Waals surface area contributed by atoms with Crippen molar-refractivity contribution in [1.29, 1.82) is 0 Å². The van der Waals surface area contributed by atoms with E-state index in [1.54, 1.807) is 6.92 Å². The Bertz CT molecular complexity index is 473. The first-order chi connectivity index (χ1) is 10.1. The summed E-state index contributed by atoms with van der Waals surface area (Å²) in [6, 6.07) is 7.35. The van der Waals surface area contributed by atoms with Gasteiger partial charge in [-0.3, -0.25) is 4.79 Å². The highest BCUT2D eigenvalue weighted by Gasteiger charge is 2.20. The lowest BCUT2D eigenvalue weighted by Crippen LogP contribution is -2.19. The molecule has 5 heteroatoms. The molecule has 1 rings (SSSR count). The number of para-hydroxylation sites is 1. The van der Waals surface area contributed by atoms with Crippen molar-refractivity contribution in [3.8, 4) is 5.75 Å². The van der Waals surface area contributed by atoms with Crippen molar-refractivity contribution in [2.75, 3.05) is 19.4 Å². The molecule has 0 aliphatic carbocycles. The molecule has 1 aromatic carbocycles. The Morgan fingerprint density at radius 3 is 2.52 bits per heavy atom. The average molecular weight is 312 g/mol. The van der Waals surface area contributed by atoms with Crippen molar-refractivity contribution >= 4 is 19.1 Å². The van der Waals surface area contributed by atoms with Crippen LogP contribution in [0, 0.1) is 5.92 Å². The lowest BCUT2D eigenvalue weighted by Gasteiger charge is -2.13. The molecule has 0 amide bonds. The summed E-state index contributed by atoms with van der Waals surface area (Å²) in [5.74, 6) is 0.0293. The number of benzene rings is 1. The topological polar surface area (TPSA) is 52.6 Å². The van der Waals surface area contributed by atoms with E-state index in [2.05, 4.69) is 0 Å². The summed E-state index contributed by atoms with van der Waals surface area (Å²) in [7, 11) is -2.07. The molecule has 0 saturated heterocycles. The Morgan fingerprint density at radius 1 is 1.19 bits per heavy atom. The zero-order valence-corrected chi connectivity index (χ0v) is 14.1. The highest BCUT2D eigenvalue weighted by atomic mass is 31.1. The molecule has 0 aliphatic rings. The summed E-state index contributed by atoms with van der Waals surface area (Å²) in [6.45, 7) is 6.75. The van der Waals surface area contributed by atoms with Gasteiger partial charge in [0, 0.05) is 6.16 Å². The van der Waals surface area contributed by atoms with Crippen molar-refractivity contribution in [2.45, 2.75) is 33.6 Å². The fraction of sp³-hybridized carbons (Fsp3) is 0.562. The zero-order chi connectivity index (χ0) is 15.7. The smallest absolute Gasteiger partial charge is 0.309 e. The molecule has 0 aliphatic heterocycles. The second kappa shape index (κ2) is 9.62. The van der Waals surface area contributed by atoms with Crippen molar-refractivity contribution in [3.05, 3.63) is 24.3 Å². The predicted octanol–water partition coefficient (Wildman–Crippen LogP) is 3.25. The third-order valence-electron chi connectivity index (χ3n) is 2.99. The van der Waals surface area contributed by atoms with Crippen LogP contribution in [0.15, 0.2) is 24.3 Å². The monoisotopic (exact) mass is 312 g/mol. The summed E-state index contributed by atoms with van der Waals surface area (Å²) < 4.78 is 23.2. The molecule has 0 heterocycles. The van der Waals surface area contributed by atoms with Gasteiger partial charge < -0.3 is 14.0 Å². The fourth-order valence-electron chi connectivity index (χ4n) is 1.85. The SMILES string of the molecule is CCCOC(=O)C(C)C[PH](=O)c1ccccc1OCCC. The molecular formula is C16H25O4P.